The summed E-state index contributed by atoms with van der Waals surface area (Å²) < 4.78 is 9.90. The Hall–Kier alpha value is -1.58. The number of carbonyl (C=O) groups is 2. The molecule has 0 amide bonds. The van der Waals surface area contributed by atoms with Crippen molar-refractivity contribution in [1.82, 2.24) is 0 Å². The number of carbonyl (C=O) groups excluding carboxylic acids is 2. The fraction of sp³-hybridized carbons (Fsp3) is 0.333. The van der Waals surface area contributed by atoms with Crippen molar-refractivity contribution >= 4 is 12.3 Å². The SMILES string of the molecule is CC(=O)OC(C)c1ccc(C=O)o1. The quantitative estimate of drug-likeness (QED) is 0.527. The maximum Gasteiger partial charge on any atom is 0.303 e. The van der Waals surface area contributed by atoms with Crippen LogP contribution in [0.1, 0.15) is 36.3 Å². The standard InChI is InChI=1S/C9H10O4/c1-6(12-7(2)11)9-4-3-8(5-10)13-9/h3-6H,1-2H3. The summed E-state index contributed by atoms with van der Waals surface area (Å²) in [6.45, 7) is 2.99. The molecule has 70 valence electrons. The number of esters is 1. The Morgan fingerprint density at radius 3 is 2.77 bits per heavy atom. The highest BCUT2D eigenvalue weighted by Crippen LogP contribution is 2.18. The average molecular weight is 182 g/mol. The van der Waals surface area contributed by atoms with Gasteiger partial charge in [0.2, 0.25) is 0 Å². The van der Waals surface area contributed by atoms with Gasteiger partial charge in [0.05, 0.1) is 0 Å². The van der Waals surface area contributed by atoms with Crippen molar-refractivity contribution < 1.29 is 18.7 Å². The summed E-state index contributed by atoms with van der Waals surface area (Å²) in [6.07, 6.45) is 0.149. The van der Waals surface area contributed by atoms with Gasteiger partial charge in [-0.2, -0.15) is 0 Å². The lowest BCUT2D eigenvalue weighted by Gasteiger charge is -2.07. The van der Waals surface area contributed by atoms with Crippen LogP contribution >= 0.6 is 0 Å². The van der Waals surface area contributed by atoms with E-state index >= 15 is 0 Å². The minimum atomic E-state index is -0.453. The summed E-state index contributed by atoms with van der Waals surface area (Å²) in [4.78, 5) is 20.8. The Labute approximate surface area is 75.5 Å². The van der Waals surface area contributed by atoms with Crippen LogP contribution in [0.3, 0.4) is 0 Å². The van der Waals surface area contributed by atoms with Crippen LogP contribution < -0.4 is 0 Å². The molecule has 0 fully saturated rings. The number of rotatable bonds is 3. The highest BCUT2D eigenvalue weighted by Gasteiger charge is 2.12. The second-order valence-corrected chi connectivity index (χ2v) is 2.61. The molecule has 0 aromatic carbocycles. The normalized spacial score (nSPS) is 12.2. The molecule has 13 heavy (non-hydrogen) atoms. The zero-order valence-electron chi connectivity index (χ0n) is 7.44. The van der Waals surface area contributed by atoms with Crippen molar-refractivity contribution in [1.29, 1.82) is 0 Å². The molecule has 0 spiro atoms. The highest BCUT2D eigenvalue weighted by atomic mass is 16.5. The summed E-state index contributed by atoms with van der Waals surface area (Å²) >= 11 is 0. The van der Waals surface area contributed by atoms with E-state index in [1.54, 1.807) is 13.0 Å². The molecule has 0 N–H and O–H groups in total. The van der Waals surface area contributed by atoms with Gasteiger partial charge in [-0.1, -0.05) is 0 Å². The number of aldehydes is 1. The van der Waals surface area contributed by atoms with Gasteiger partial charge in [-0.05, 0) is 19.1 Å². The molecule has 0 saturated heterocycles. The summed E-state index contributed by atoms with van der Waals surface area (Å²) in [5, 5.41) is 0. The van der Waals surface area contributed by atoms with Crippen LogP contribution in [-0.2, 0) is 9.53 Å². The first-order valence-corrected chi connectivity index (χ1v) is 3.85. The summed E-state index contributed by atoms with van der Waals surface area (Å²) in [5.74, 6) is 0.322. The van der Waals surface area contributed by atoms with Gasteiger partial charge in [-0.25, -0.2) is 0 Å². The summed E-state index contributed by atoms with van der Waals surface area (Å²) in [5.41, 5.74) is 0. The maximum absolute atomic E-state index is 10.6. The van der Waals surface area contributed by atoms with Crippen molar-refractivity contribution in [3.05, 3.63) is 23.7 Å². The molecule has 1 aromatic heterocycles. The van der Waals surface area contributed by atoms with Crippen molar-refractivity contribution in [3.8, 4) is 0 Å². The van der Waals surface area contributed by atoms with Gasteiger partial charge in [-0.15, -0.1) is 0 Å². The Morgan fingerprint density at radius 2 is 2.31 bits per heavy atom. The minimum Gasteiger partial charge on any atom is -0.455 e. The van der Waals surface area contributed by atoms with Gasteiger partial charge in [0.25, 0.3) is 0 Å². The van der Waals surface area contributed by atoms with E-state index in [2.05, 4.69) is 0 Å². The monoisotopic (exact) mass is 182 g/mol. The molecule has 0 aliphatic rings. The van der Waals surface area contributed by atoms with Crippen LogP contribution in [0.2, 0.25) is 0 Å². The predicted molar refractivity (Wildman–Crippen MR) is 44.3 cm³/mol. The first kappa shape index (κ1) is 9.51. The summed E-state index contributed by atoms with van der Waals surface area (Å²) in [7, 11) is 0. The molecule has 0 radical (unpaired) electrons. The Morgan fingerprint density at radius 1 is 1.62 bits per heavy atom. The van der Waals surface area contributed by atoms with E-state index in [-0.39, 0.29) is 11.7 Å². The lowest BCUT2D eigenvalue weighted by Crippen LogP contribution is -2.03. The van der Waals surface area contributed by atoms with E-state index in [0.29, 0.717) is 12.0 Å². The van der Waals surface area contributed by atoms with Crippen LogP contribution in [0.25, 0.3) is 0 Å². The first-order valence-electron chi connectivity index (χ1n) is 3.85. The van der Waals surface area contributed by atoms with Crippen molar-refractivity contribution in [2.75, 3.05) is 0 Å². The van der Waals surface area contributed by atoms with Crippen molar-refractivity contribution in [2.45, 2.75) is 20.0 Å². The molecule has 0 aliphatic carbocycles. The molecule has 4 heteroatoms. The van der Waals surface area contributed by atoms with Crippen LogP contribution in [0.4, 0.5) is 0 Å². The van der Waals surface area contributed by atoms with Crippen LogP contribution in [0, 0.1) is 0 Å². The Balaban J connectivity index is 2.70. The molecule has 0 bridgehead atoms. The van der Waals surface area contributed by atoms with Gasteiger partial charge in [0.1, 0.15) is 5.76 Å². The molecule has 1 aromatic rings. The van der Waals surface area contributed by atoms with E-state index in [4.69, 9.17) is 9.15 Å². The molecule has 1 heterocycles. The van der Waals surface area contributed by atoms with Crippen molar-refractivity contribution in [3.63, 3.8) is 0 Å². The highest BCUT2D eigenvalue weighted by molar-refractivity contribution is 5.70. The smallest absolute Gasteiger partial charge is 0.303 e. The molecular weight excluding hydrogens is 172 g/mol. The van der Waals surface area contributed by atoms with E-state index in [1.165, 1.54) is 13.0 Å². The second kappa shape index (κ2) is 3.89. The van der Waals surface area contributed by atoms with Gasteiger partial charge in [-0.3, -0.25) is 9.59 Å². The Kier molecular flexibility index (Phi) is 2.84. The third-order valence-corrected chi connectivity index (χ3v) is 1.51. The molecule has 1 rings (SSSR count). The average Bonchev–Trinajstić information content (AvgIpc) is 2.50. The lowest BCUT2D eigenvalue weighted by atomic mass is 10.3. The number of furan rings is 1. The fourth-order valence-electron chi connectivity index (χ4n) is 0.957. The number of ether oxygens (including phenoxy) is 1. The first-order chi connectivity index (χ1) is 6.13. The largest absolute Gasteiger partial charge is 0.455 e. The molecule has 1 unspecified atom stereocenters. The molecular formula is C9H10O4. The lowest BCUT2D eigenvalue weighted by molar-refractivity contribution is -0.146. The van der Waals surface area contributed by atoms with E-state index in [9.17, 15) is 9.59 Å². The van der Waals surface area contributed by atoms with E-state index in [0.717, 1.165) is 0 Å². The Bertz CT molecular complexity index is 313. The predicted octanol–water partition coefficient (Wildman–Crippen LogP) is 1.72. The zero-order chi connectivity index (χ0) is 9.84. The fourth-order valence-corrected chi connectivity index (χ4v) is 0.957. The van der Waals surface area contributed by atoms with Gasteiger partial charge >= 0.3 is 5.97 Å². The van der Waals surface area contributed by atoms with Gasteiger partial charge < -0.3 is 9.15 Å². The topological polar surface area (TPSA) is 56.5 Å². The zero-order valence-corrected chi connectivity index (χ0v) is 7.44. The number of hydrogen-bond acceptors (Lipinski definition) is 4. The van der Waals surface area contributed by atoms with Gasteiger partial charge in [0.15, 0.2) is 18.2 Å². The molecule has 0 aliphatic heterocycles. The molecule has 1 atom stereocenters. The molecule has 4 nitrogen and oxygen atoms in total. The van der Waals surface area contributed by atoms with E-state index < -0.39 is 6.10 Å². The van der Waals surface area contributed by atoms with Crippen LogP contribution in [0.15, 0.2) is 16.5 Å². The van der Waals surface area contributed by atoms with Crippen LogP contribution in [-0.4, -0.2) is 12.3 Å². The summed E-state index contributed by atoms with van der Waals surface area (Å²) in [6, 6.07) is 3.14. The minimum absolute atomic E-state index is 0.231. The van der Waals surface area contributed by atoms with Gasteiger partial charge in [0, 0.05) is 6.92 Å². The third-order valence-electron chi connectivity index (χ3n) is 1.51. The third kappa shape index (κ3) is 2.43. The second-order valence-electron chi connectivity index (χ2n) is 2.61. The maximum atomic E-state index is 10.6. The number of hydrogen-bond donors (Lipinski definition) is 0. The van der Waals surface area contributed by atoms with Crippen molar-refractivity contribution in [2.24, 2.45) is 0 Å². The molecule has 0 saturated carbocycles. The van der Waals surface area contributed by atoms with E-state index in [1.807, 2.05) is 0 Å². The van der Waals surface area contributed by atoms with Crippen LogP contribution in [0.5, 0.6) is 0 Å².